The van der Waals surface area contributed by atoms with Crippen LogP contribution in [0.5, 0.6) is 0 Å². The molecule has 0 atom stereocenters. The number of alkyl carbamates (subject to hydrolysis) is 1. The predicted octanol–water partition coefficient (Wildman–Crippen LogP) is 2.77. The van der Waals surface area contributed by atoms with Crippen molar-refractivity contribution >= 4 is 6.09 Å². The van der Waals surface area contributed by atoms with Crippen molar-refractivity contribution in [3.63, 3.8) is 0 Å². The van der Waals surface area contributed by atoms with Crippen LogP contribution in [0.2, 0.25) is 0 Å². The molecule has 0 unspecified atom stereocenters. The Morgan fingerprint density at radius 2 is 1.67 bits per heavy atom. The summed E-state index contributed by atoms with van der Waals surface area (Å²) < 4.78 is 5.54. The smallest absolute Gasteiger partial charge is 0.407 e. The van der Waals surface area contributed by atoms with Crippen LogP contribution in [-0.2, 0) is 4.74 Å². The van der Waals surface area contributed by atoms with Crippen molar-refractivity contribution in [2.45, 2.75) is 77.6 Å². The van der Waals surface area contributed by atoms with E-state index in [-0.39, 0.29) is 29.3 Å². The van der Waals surface area contributed by atoms with Gasteiger partial charge in [0.1, 0.15) is 6.10 Å². The molecule has 106 valence electrons. The van der Waals surface area contributed by atoms with Gasteiger partial charge in [-0.15, -0.1) is 0 Å². The molecule has 1 aliphatic heterocycles. The van der Waals surface area contributed by atoms with Crippen LogP contribution in [0.3, 0.4) is 0 Å². The van der Waals surface area contributed by atoms with Gasteiger partial charge < -0.3 is 10.1 Å². The van der Waals surface area contributed by atoms with E-state index >= 15 is 0 Å². The standard InChI is InChI=1S/C14H28N2O2/c1-10(2)15-12(17)18-11-8-13(3,4)16(7)14(5,6)9-11/h10-11H,8-9H2,1-7H3,(H,15,17). The summed E-state index contributed by atoms with van der Waals surface area (Å²) in [6.07, 6.45) is 1.44. The number of ether oxygens (including phenoxy) is 1. The van der Waals surface area contributed by atoms with E-state index in [0.29, 0.717) is 0 Å². The zero-order valence-electron chi connectivity index (χ0n) is 12.8. The van der Waals surface area contributed by atoms with Gasteiger partial charge in [-0.05, 0) is 48.6 Å². The summed E-state index contributed by atoms with van der Waals surface area (Å²) >= 11 is 0. The first-order valence-electron chi connectivity index (χ1n) is 6.76. The Labute approximate surface area is 111 Å². The van der Waals surface area contributed by atoms with E-state index in [0.717, 1.165) is 12.8 Å². The molecule has 0 aliphatic carbocycles. The highest BCUT2D eigenvalue weighted by molar-refractivity contribution is 5.67. The molecule has 1 N–H and O–H groups in total. The van der Waals surface area contributed by atoms with Crippen LogP contribution in [0.1, 0.15) is 54.4 Å². The molecule has 1 heterocycles. The van der Waals surface area contributed by atoms with Gasteiger partial charge in [-0.2, -0.15) is 0 Å². The number of piperidine rings is 1. The quantitative estimate of drug-likeness (QED) is 0.826. The minimum atomic E-state index is -0.300. The fraction of sp³-hybridized carbons (Fsp3) is 0.929. The van der Waals surface area contributed by atoms with Crippen molar-refractivity contribution in [2.24, 2.45) is 0 Å². The number of hydrogen-bond donors (Lipinski definition) is 1. The molecule has 0 radical (unpaired) electrons. The molecule has 1 rings (SSSR count). The number of nitrogens with one attached hydrogen (secondary N) is 1. The van der Waals surface area contributed by atoms with Crippen LogP contribution < -0.4 is 5.32 Å². The minimum Gasteiger partial charge on any atom is -0.446 e. The molecule has 1 amide bonds. The summed E-state index contributed by atoms with van der Waals surface area (Å²) in [6.45, 7) is 12.7. The Balaban J connectivity index is 2.67. The number of nitrogens with zero attached hydrogens (tertiary/aromatic N) is 1. The molecule has 4 heteroatoms. The minimum absolute atomic E-state index is 0.00931. The zero-order chi connectivity index (χ0) is 14.1. The average Bonchev–Trinajstić information content (AvgIpc) is 2.11. The highest BCUT2D eigenvalue weighted by atomic mass is 16.6. The topological polar surface area (TPSA) is 41.6 Å². The maximum atomic E-state index is 11.7. The van der Waals surface area contributed by atoms with Gasteiger partial charge in [0.15, 0.2) is 0 Å². The maximum Gasteiger partial charge on any atom is 0.407 e. The predicted molar refractivity (Wildman–Crippen MR) is 73.7 cm³/mol. The molecular formula is C14H28N2O2. The fourth-order valence-electron chi connectivity index (χ4n) is 2.78. The Morgan fingerprint density at radius 1 is 1.22 bits per heavy atom. The molecule has 18 heavy (non-hydrogen) atoms. The number of likely N-dealkylation sites (tertiary alicyclic amines) is 1. The van der Waals surface area contributed by atoms with Crippen molar-refractivity contribution < 1.29 is 9.53 Å². The lowest BCUT2D eigenvalue weighted by molar-refractivity contribution is -0.0683. The summed E-state index contributed by atoms with van der Waals surface area (Å²) in [5.74, 6) is 0. The van der Waals surface area contributed by atoms with Crippen LogP contribution in [-0.4, -0.2) is 41.3 Å². The third-order valence-electron chi connectivity index (χ3n) is 3.95. The van der Waals surface area contributed by atoms with E-state index in [1.54, 1.807) is 0 Å². The van der Waals surface area contributed by atoms with Crippen molar-refractivity contribution in [3.8, 4) is 0 Å². The molecule has 0 aromatic carbocycles. The van der Waals surface area contributed by atoms with Gasteiger partial charge in [0.05, 0.1) is 0 Å². The van der Waals surface area contributed by atoms with Crippen molar-refractivity contribution in [2.75, 3.05) is 7.05 Å². The molecule has 0 spiro atoms. The number of carbonyl (C=O) groups excluding carboxylic acids is 1. The number of carbonyl (C=O) groups is 1. The maximum absolute atomic E-state index is 11.7. The first-order valence-corrected chi connectivity index (χ1v) is 6.76. The van der Waals surface area contributed by atoms with Crippen molar-refractivity contribution in [1.29, 1.82) is 0 Å². The Morgan fingerprint density at radius 3 is 2.06 bits per heavy atom. The number of amides is 1. The molecule has 0 saturated carbocycles. The fourth-order valence-corrected chi connectivity index (χ4v) is 2.78. The van der Waals surface area contributed by atoms with E-state index in [4.69, 9.17) is 4.74 Å². The number of hydrogen-bond acceptors (Lipinski definition) is 3. The van der Waals surface area contributed by atoms with Crippen LogP contribution in [0.25, 0.3) is 0 Å². The van der Waals surface area contributed by atoms with Crippen molar-refractivity contribution in [1.82, 2.24) is 10.2 Å². The van der Waals surface area contributed by atoms with Crippen LogP contribution >= 0.6 is 0 Å². The zero-order valence-corrected chi connectivity index (χ0v) is 12.8. The second-order valence-corrected chi connectivity index (χ2v) is 6.92. The summed E-state index contributed by atoms with van der Waals surface area (Å²) in [5.41, 5.74) is 0.0923. The molecule has 0 aromatic heterocycles. The summed E-state index contributed by atoms with van der Waals surface area (Å²) in [6, 6.07) is 0.116. The van der Waals surface area contributed by atoms with Gasteiger partial charge in [0.25, 0.3) is 0 Å². The van der Waals surface area contributed by atoms with Crippen molar-refractivity contribution in [3.05, 3.63) is 0 Å². The Bertz CT molecular complexity index is 293. The second-order valence-electron chi connectivity index (χ2n) is 6.92. The van der Waals surface area contributed by atoms with Gasteiger partial charge in [-0.1, -0.05) is 0 Å². The van der Waals surface area contributed by atoms with Crippen LogP contribution in [0.15, 0.2) is 0 Å². The van der Waals surface area contributed by atoms with E-state index in [1.165, 1.54) is 0 Å². The Kier molecular flexibility index (Phi) is 4.31. The van der Waals surface area contributed by atoms with Gasteiger partial charge in [-0.3, -0.25) is 4.90 Å². The molecular weight excluding hydrogens is 228 g/mol. The van der Waals surface area contributed by atoms with E-state index in [2.05, 4.69) is 45.0 Å². The summed E-state index contributed by atoms with van der Waals surface area (Å²) in [5, 5.41) is 2.78. The lowest BCUT2D eigenvalue weighted by Crippen LogP contribution is -2.60. The second kappa shape index (κ2) is 5.08. The Hall–Kier alpha value is -0.770. The largest absolute Gasteiger partial charge is 0.446 e. The summed E-state index contributed by atoms with van der Waals surface area (Å²) in [4.78, 5) is 14.1. The van der Waals surface area contributed by atoms with Gasteiger partial charge in [0.2, 0.25) is 0 Å². The first-order chi connectivity index (χ1) is 8.04. The summed E-state index contributed by atoms with van der Waals surface area (Å²) in [7, 11) is 2.14. The van der Waals surface area contributed by atoms with Gasteiger partial charge in [-0.25, -0.2) is 4.79 Å². The highest BCUT2D eigenvalue weighted by Crippen LogP contribution is 2.38. The molecule has 4 nitrogen and oxygen atoms in total. The lowest BCUT2D eigenvalue weighted by atomic mass is 9.79. The molecule has 0 bridgehead atoms. The van der Waals surface area contributed by atoms with Gasteiger partial charge in [0, 0.05) is 30.0 Å². The highest BCUT2D eigenvalue weighted by Gasteiger charge is 2.44. The van der Waals surface area contributed by atoms with Gasteiger partial charge >= 0.3 is 6.09 Å². The van der Waals surface area contributed by atoms with E-state index in [9.17, 15) is 4.79 Å². The molecule has 1 aliphatic rings. The molecule has 1 saturated heterocycles. The first kappa shape index (κ1) is 15.3. The lowest BCUT2D eigenvalue weighted by Gasteiger charge is -2.53. The van der Waals surface area contributed by atoms with Crippen LogP contribution in [0.4, 0.5) is 4.79 Å². The molecule has 1 fully saturated rings. The third kappa shape index (κ3) is 3.61. The van der Waals surface area contributed by atoms with E-state index in [1.807, 2.05) is 13.8 Å². The van der Waals surface area contributed by atoms with Crippen LogP contribution in [0, 0.1) is 0 Å². The monoisotopic (exact) mass is 256 g/mol. The normalized spacial score (nSPS) is 24.0. The number of rotatable bonds is 2. The third-order valence-corrected chi connectivity index (χ3v) is 3.95. The SMILES string of the molecule is CC(C)NC(=O)OC1CC(C)(C)N(C)C(C)(C)C1. The average molecular weight is 256 g/mol. The van der Waals surface area contributed by atoms with E-state index < -0.39 is 0 Å². The molecule has 0 aromatic rings.